The maximum Gasteiger partial charge on any atom is 0.0651 e. The summed E-state index contributed by atoms with van der Waals surface area (Å²) in [4.78, 5) is 0. The minimum Gasteiger partial charge on any atom is -0.374 e. The monoisotopic (exact) mass is 140 g/mol. The molecule has 0 amide bonds. The van der Waals surface area contributed by atoms with Gasteiger partial charge < -0.3 is 4.74 Å². The fourth-order valence-corrected chi connectivity index (χ4v) is 1.25. The highest BCUT2D eigenvalue weighted by Crippen LogP contribution is 2.31. The van der Waals surface area contributed by atoms with E-state index in [4.69, 9.17) is 4.74 Å². The van der Waals surface area contributed by atoms with Crippen molar-refractivity contribution < 1.29 is 4.74 Å². The van der Waals surface area contributed by atoms with Gasteiger partial charge in [0.2, 0.25) is 0 Å². The van der Waals surface area contributed by atoms with E-state index in [-0.39, 0.29) is 5.41 Å². The second-order valence-electron chi connectivity index (χ2n) is 3.24. The molecule has 10 heavy (non-hydrogen) atoms. The summed E-state index contributed by atoms with van der Waals surface area (Å²) in [6.45, 7) is 7.38. The summed E-state index contributed by atoms with van der Waals surface area (Å²) in [5.41, 5.74) is 0.276. The van der Waals surface area contributed by atoms with Gasteiger partial charge in [0.05, 0.1) is 12.7 Å². The van der Waals surface area contributed by atoms with Crippen molar-refractivity contribution in [2.24, 2.45) is 5.41 Å². The molecular weight excluding hydrogens is 124 g/mol. The van der Waals surface area contributed by atoms with Crippen LogP contribution < -0.4 is 0 Å². The molecule has 0 aromatic rings. The smallest absolute Gasteiger partial charge is 0.0651 e. The van der Waals surface area contributed by atoms with E-state index in [0.29, 0.717) is 6.10 Å². The van der Waals surface area contributed by atoms with Gasteiger partial charge in [-0.3, -0.25) is 0 Å². The Morgan fingerprint density at radius 1 is 1.70 bits per heavy atom. The van der Waals surface area contributed by atoms with E-state index in [0.717, 1.165) is 13.0 Å². The van der Waals surface area contributed by atoms with Crippen molar-refractivity contribution in [3.8, 4) is 0 Å². The lowest BCUT2D eigenvalue weighted by Gasteiger charge is -2.34. The van der Waals surface area contributed by atoms with Crippen molar-refractivity contribution in [1.29, 1.82) is 0 Å². The van der Waals surface area contributed by atoms with Crippen molar-refractivity contribution in [3.63, 3.8) is 0 Å². The van der Waals surface area contributed by atoms with Crippen molar-refractivity contribution >= 4 is 0 Å². The molecule has 1 aliphatic heterocycles. The minimum absolute atomic E-state index is 0.276. The number of rotatable bonds is 1. The quantitative estimate of drug-likeness (QED) is 0.508. The summed E-state index contributed by atoms with van der Waals surface area (Å²) in [6, 6.07) is 0. The lowest BCUT2D eigenvalue weighted by atomic mass is 9.81. The first-order chi connectivity index (χ1) is 4.69. The SMILES string of the molecule is CCC1(C)C=CCOC1C. The van der Waals surface area contributed by atoms with Crippen molar-refractivity contribution in [3.05, 3.63) is 12.2 Å². The fraction of sp³-hybridized carbons (Fsp3) is 0.778. The Labute approximate surface area is 63.1 Å². The van der Waals surface area contributed by atoms with Crippen LogP contribution in [0, 0.1) is 5.41 Å². The zero-order chi connectivity index (χ0) is 7.61. The van der Waals surface area contributed by atoms with Gasteiger partial charge in [-0.25, -0.2) is 0 Å². The molecule has 0 saturated carbocycles. The van der Waals surface area contributed by atoms with Gasteiger partial charge in [-0.1, -0.05) is 26.0 Å². The van der Waals surface area contributed by atoms with Crippen LogP contribution in [0.2, 0.25) is 0 Å². The Hall–Kier alpha value is -0.300. The van der Waals surface area contributed by atoms with E-state index in [2.05, 4.69) is 32.9 Å². The molecule has 1 heterocycles. The molecule has 1 heteroatoms. The minimum atomic E-state index is 0.276. The first-order valence-electron chi connectivity index (χ1n) is 3.98. The van der Waals surface area contributed by atoms with Gasteiger partial charge >= 0.3 is 0 Å². The summed E-state index contributed by atoms with van der Waals surface area (Å²) < 4.78 is 5.50. The number of hydrogen-bond donors (Lipinski definition) is 0. The van der Waals surface area contributed by atoms with Crippen LogP contribution in [-0.2, 0) is 4.74 Å². The van der Waals surface area contributed by atoms with Gasteiger partial charge in [0.25, 0.3) is 0 Å². The molecular formula is C9H16O. The molecule has 0 aliphatic carbocycles. The molecule has 2 unspecified atom stereocenters. The lowest BCUT2D eigenvalue weighted by molar-refractivity contribution is 0.00182. The van der Waals surface area contributed by atoms with E-state index < -0.39 is 0 Å². The molecule has 1 rings (SSSR count). The Morgan fingerprint density at radius 2 is 2.40 bits per heavy atom. The first-order valence-corrected chi connectivity index (χ1v) is 3.98. The molecule has 0 N–H and O–H groups in total. The molecule has 1 nitrogen and oxygen atoms in total. The maximum absolute atomic E-state index is 5.50. The largest absolute Gasteiger partial charge is 0.374 e. The molecule has 58 valence electrons. The van der Waals surface area contributed by atoms with Crippen LogP contribution in [0.4, 0.5) is 0 Å². The normalized spacial score (nSPS) is 40.1. The van der Waals surface area contributed by atoms with Gasteiger partial charge in [0.15, 0.2) is 0 Å². The van der Waals surface area contributed by atoms with E-state index in [1.165, 1.54) is 0 Å². The van der Waals surface area contributed by atoms with Gasteiger partial charge in [0, 0.05) is 5.41 Å². The van der Waals surface area contributed by atoms with E-state index in [9.17, 15) is 0 Å². The third-order valence-corrected chi connectivity index (χ3v) is 2.63. The third-order valence-electron chi connectivity index (χ3n) is 2.63. The number of hydrogen-bond acceptors (Lipinski definition) is 1. The maximum atomic E-state index is 5.50. The van der Waals surface area contributed by atoms with Crippen molar-refractivity contribution in [1.82, 2.24) is 0 Å². The Balaban J connectivity index is 2.71. The molecule has 0 aromatic heterocycles. The fourth-order valence-electron chi connectivity index (χ4n) is 1.25. The van der Waals surface area contributed by atoms with Crippen LogP contribution in [0.3, 0.4) is 0 Å². The highest BCUT2D eigenvalue weighted by Gasteiger charge is 2.28. The van der Waals surface area contributed by atoms with Crippen LogP contribution in [-0.4, -0.2) is 12.7 Å². The first kappa shape index (κ1) is 7.80. The molecule has 2 atom stereocenters. The van der Waals surface area contributed by atoms with Crippen LogP contribution in [0.1, 0.15) is 27.2 Å². The van der Waals surface area contributed by atoms with Gasteiger partial charge in [-0.2, -0.15) is 0 Å². The molecule has 0 fully saturated rings. The summed E-state index contributed by atoms with van der Waals surface area (Å²) in [6.07, 6.45) is 5.93. The standard InChI is InChI=1S/C9H16O/c1-4-9(3)6-5-7-10-8(9)2/h5-6,8H,4,7H2,1-3H3. The molecule has 0 radical (unpaired) electrons. The van der Waals surface area contributed by atoms with Gasteiger partial charge in [0.1, 0.15) is 0 Å². The second kappa shape index (κ2) is 2.75. The molecule has 0 saturated heterocycles. The van der Waals surface area contributed by atoms with Crippen molar-refractivity contribution in [2.75, 3.05) is 6.61 Å². The summed E-state index contributed by atoms with van der Waals surface area (Å²) in [5, 5.41) is 0. The Kier molecular flexibility index (Phi) is 2.14. The number of ether oxygens (including phenoxy) is 1. The van der Waals surface area contributed by atoms with Crippen molar-refractivity contribution in [2.45, 2.75) is 33.3 Å². The lowest BCUT2D eigenvalue weighted by Crippen LogP contribution is -2.32. The van der Waals surface area contributed by atoms with E-state index >= 15 is 0 Å². The zero-order valence-electron chi connectivity index (χ0n) is 7.05. The Bertz CT molecular complexity index is 140. The predicted octanol–water partition coefficient (Wildman–Crippen LogP) is 2.38. The zero-order valence-corrected chi connectivity index (χ0v) is 7.05. The summed E-state index contributed by atoms with van der Waals surface area (Å²) in [7, 11) is 0. The van der Waals surface area contributed by atoms with Gasteiger partial charge in [-0.15, -0.1) is 0 Å². The molecule has 0 aromatic carbocycles. The van der Waals surface area contributed by atoms with Crippen LogP contribution >= 0.6 is 0 Å². The van der Waals surface area contributed by atoms with Crippen LogP contribution in [0.25, 0.3) is 0 Å². The third kappa shape index (κ3) is 1.24. The highest BCUT2D eigenvalue weighted by molar-refractivity contribution is 5.03. The van der Waals surface area contributed by atoms with Gasteiger partial charge in [-0.05, 0) is 13.3 Å². The highest BCUT2D eigenvalue weighted by atomic mass is 16.5. The average molecular weight is 140 g/mol. The molecule has 1 aliphatic rings. The second-order valence-corrected chi connectivity index (χ2v) is 3.24. The molecule has 0 spiro atoms. The molecule has 0 bridgehead atoms. The topological polar surface area (TPSA) is 9.23 Å². The average Bonchev–Trinajstić information content (AvgIpc) is 1.96. The van der Waals surface area contributed by atoms with E-state index in [1.54, 1.807) is 0 Å². The predicted molar refractivity (Wildman–Crippen MR) is 43.0 cm³/mol. The summed E-state index contributed by atoms with van der Waals surface area (Å²) in [5.74, 6) is 0. The van der Waals surface area contributed by atoms with Crippen LogP contribution in [0.15, 0.2) is 12.2 Å². The Morgan fingerprint density at radius 3 is 2.80 bits per heavy atom. The van der Waals surface area contributed by atoms with Crippen LogP contribution in [0.5, 0.6) is 0 Å². The summed E-state index contributed by atoms with van der Waals surface area (Å²) >= 11 is 0. The van der Waals surface area contributed by atoms with E-state index in [1.807, 2.05) is 0 Å².